The highest BCUT2D eigenvalue weighted by molar-refractivity contribution is 5.93. The number of aryl methyl sites for hydroxylation is 1. The van der Waals surface area contributed by atoms with Crippen molar-refractivity contribution in [2.75, 3.05) is 13.1 Å². The van der Waals surface area contributed by atoms with Gasteiger partial charge in [-0.25, -0.2) is 0 Å². The summed E-state index contributed by atoms with van der Waals surface area (Å²) in [5.74, 6) is -0.251. The van der Waals surface area contributed by atoms with Crippen molar-refractivity contribution in [3.8, 4) is 0 Å². The van der Waals surface area contributed by atoms with Gasteiger partial charge < -0.3 is 15.0 Å². The number of nitrogens with one attached hydrogen (secondary N) is 1. The van der Waals surface area contributed by atoms with Gasteiger partial charge in [0.05, 0.1) is 5.60 Å². The van der Waals surface area contributed by atoms with Gasteiger partial charge in [0.15, 0.2) is 5.43 Å². The number of amides is 1. The number of nitrogens with zero attached hydrogens (tertiary/aromatic N) is 1. The van der Waals surface area contributed by atoms with Crippen LogP contribution in [0.3, 0.4) is 0 Å². The molecule has 1 unspecified atom stereocenters. The van der Waals surface area contributed by atoms with Crippen molar-refractivity contribution < 1.29 is 9.90 Å². The van der Waals surface area contributed by atoms with Gasteiger partial charge in [0.25, 0.3) is 5.91 Å². The molecule has 2 rings (SSSR count). The second-order valence-corrected chi connectivity index (χ2v) is 5.54. The summed E-state index contributed by atoms with van der Waals surface area (Å²) in [6, 6.07) is 1.43. The molecule has 0 aliphatic carbocycles. The number of hydrogen-bond donors (Lipinski definition) is 2. The lowest BCUT2D eigenvalue weighted by Crippen LogP contribution is -2.36. The highest BCUT2D eigenvalue weighted by Crippen LogP contribution is 2.21. The molecule has 104 valence electrons. The first-order valence-electron chi connectivity index (χ1n) is 6.60. The molecule has 1 aliphatic rings. The second kappa shape index (κ2) is 5.17. The molecule has 19 heavy (non-hydrogen) atoms. The lowest BCUT2D eigenvalue weighted by Gasteiger charge is -2.22. The van der Waals surface area contributed by atoms with Crippen LogP contribution >= 0.6 is 0 Å². The summed E-state index contributed by atoms with van der Waals surface area (Å²) in [5.41, 5.74) is -0.0564. The van der Waals surface area contributed by atoms with Gasteiger partial charge in [0.2, 0.25) is 0 Å². The summed E-state index contributed by atoms with van der Waals surface area (Å²) in [4.78, 5) is 28.7. The zero-order chi connectivity index (χ0) is 14.0. The number of hydrogen-bond acceptors (Lipinski definition) is 3. The van der Waals surface area contributed by atoms with Crippen molar-refractivity contribution in [2.24, 2.45) is 0 Å². The van der Waals surface area contributed by atoms with Crippen LogP contribution < -0.4 is 5.43 Å². The number of aromatic nitrogens is 1. The van der Waals surface area contributed by atoms with E-state index in [4.69, 9.17) is 0 Å². The van der Waals surface area contributed by atoms with E-state index < -0.39 is 5.60 Å². The minimum atomic E-state index is -0.714. The van der Waals surface area contributed by atoms with Crippen molar-refractivity contribution in [1.82, 2.24) is 9.88 Å². The first-order valence-corrected chi connectivity index (χ1v) is 6.60. The van der Waals surface area contributed by atoms with E-state index in [2.05, 4.69) is 4.98 Å². The highest BCUT2D eigenvalue weighted by Gasteiger charge is 2.28. The molecule has 2 N–H and O–H groups in total. The molecule has 2 heterocycles. The zero-order valence-electron chi connectivity index (χ0n) is 11.4. The Morgan fingerprint density at radius 2 is 2.16 bits per heavy atom. The number of aromatic amines is 1. The van der Waals surface area contributed by atoms with Gasteiger partial charge in [-0.15, -0.1) is 0 Å². The Bertz CT molecular complexity index is 534. The Morgan fingerprint density at radius 3 is 2.84 bits per heavy atom. The number of likely N-dealkylation sites (tertiary alicyclic amines) is 1. The SMILES string of the molecule is Cc1cc(=O)c(C(=O)N2CCCC(C)(O)CC2)c[nH]1. The summed E-state index contributed by atoms with van der Waals surface area (Å²) in [6.07, 6.45) is 3.45. The largest absolute Gasteiger partial charge is 0.390 e. The molecule has 1 aromatic heterocycles. The van der Waals surface area contributed by atoms with Crippen LogP contribution in [-0.4, -0.2) is 39.6 Å². The van der Waals surface area contributed by atoms with Crippen LogP contribution in [0.5, 0.6) is 0 Å². The lowest BCUT2D eigenvalue weighted by molar-refractivity contribution is 0.0438. The number of H-pyrrole nitrogens is 1. The summed E-state index contributed by atoms with van der Waals surface area (Å²) < 4.78 is 0. The minimum Gasteiger partial charge on any atom is -0.390 e. The van der Waals surface area contributed by atoms with Crippen molar-refractivity contribution in [3.63, 3.8) is 0 Å². The summed E-state index contributed by atoms with van der Waals surface area (Å²) in [5, 5.41) is 10.0. The van der Waals surface area contributed by atoms with Crippen molar-refractivity contribution in [3.05, 3.63) is 33.7 Å². The molecular weight excluding hydrogens is 244 g/mol. The van der Waals surface area contributed by atoms with Crippen molar-refractivity contribution in [1.29, 1.82) is 0 Å². The number of carbonyl (C=O) groups excluding carboxylic acids is 1. The minimum absolute atomic E-state index is 0.173. The van der Waals surface area contributed by atoms with Crippen LogP contribution in [0.4, 0.5) is 0 Å². The van der Waals surface area contributed by atoms with Crippen LogP contribution in [0.15, 0.2) is 17.1 Å². The van der Waals surface area contributed by atoms with Gasteiger partial charge >= 0.3 is 0 Å². The number of carbonyl (C=O) groups is 1. The van der Waals surface area contributed by atoms with Gasteiger partial charge in [-0.2, -0.15) is 0 Å². The molecule has 1 amide bonds. The van der Waals surface area contributed by atoms with Gasteiger partial charge in [-0.05, 0) is 33.1 Å². The monoisotopic (exact) mass is 264 g/mol. The molecular formula is C14H20N2O3. The standard InChI is InChI=1S/C14H20N2O3/c1-10-8-12(17)11(9-15-10)13(18)16-6-3-4-14(2,19)5-7-16/h8-9,19H,3-7H2,1-2H3,(H,15,17). The normalized spacial score (nSPS) is 24.1. The fourth-order valence-electron chi connectivity index (χ4n) is 2.38. The van der Waals surface area contributed by atoms with E-state index >= 15 is 0 Å². The maximum atomic E-state index is 12.3. The third-order valence-electron chi connectivity index (χ3n) is 3.64. The smallest absolute Gasteiger partial charge is 0.259 e. The lowest BCUT2D eigenvalue weighted by atomic mass is 9.98. The number of rotatable bonds is 1. The first kappa shape index (κ1) is 13.8. The predicted molar refractivity (Wildman–Crippen MR) is 72.2 cm³/mol. The third kappa shape index (κ3) is 3.23. The topological polar surface area (TPSA) is 73.4 Å². The van der Waals surface area contributed by atoms with Crippen LogP contribution in [-0.2, 0) is 0 Å². The Morgan fingerprint density at radius 1 is 1.42 bits per heavy atom. The quantitative estimate of drug-likeness (QED) is 0.796. The molecule has 1 aromatic rings. The molecule has 0 spiro atoms. The molecule has 1 atom stereocenters. The summed E-state index contributed by atoms with van der Waals surface area (Å²) in [7, 11) is 0. The average molecular weight is 264 g/mol. The van der Waals surface area contributed by atoms with E-state index in [0.29, 0.717) is 25.9 Å². The molecule has 0 aromatic carbocycles. The average Bonchev–Trinajstić information content (AvgIpc) is 2.49. The zero-order valence-corrected chi connectivity index (χ0v) is 11.4. The van der Waals surface area contributed by atoms with Crippen molar-refractivity contribution >= 4 is 5.91 Å². The molecule has 1 aliphatic heterocycles. The fourth-order valence-corrected chi connectivity index (χ4v) is 2.38. The van der Waals surface area contributed by atoms with E-state index in [9.17, 15) is 14.7 Å². The first-order chi connectivity index (χ1) is 8.89. The van der Waals surface area contributed by atoms with Crippen LogP contribution in [0.2, 0.25) is 0 Å². The van der Waals surface area contributed by atoms with E-state index in [1.807, 2.05) is 0 Å². The Balaban J connectivity index is 2.18. The van der Waals surface area contributed by atoms with E-state index in [1.54, 1.807) is 18.7 Å². The second-order valence-electron chi connectivity index (χ2n) is 5.54. The molecule has 0 bridgehead atoms. The Kier molecular flexibility index (Phi) is 3.75. The summed E-state index contributed by atoms with van der Waals surface area (Å²) in [6.45, 7) is 4.64. The predicted octanol–water partition coefficient (Wildman–Crippen LogP) is 1.06. The molecule has 5 nitrogen and oxygen atoms in total. The van der Waals surface area contributed by atoms with Gasteiger partial charge in [0, 0.05) is 31.0 Å². The van der Waals surface area contributed by atoms with E-state index in [0.717, 1.165) is 12.1 Å². The van der Waals surface area contributed by atoms with Crippen LogP contribution in [0.1, 0.15) is 42.2 Å². The maximum absolute atomic E-state index is 12.3. The molecule has 0 radical (unpaired) electrons. The van der Waals surface area contributed by atoms with E-state index in [1.165, 1.54) is 12.3 Å². The fraction of sp³-hybridized carbons (Fsp3) is 0.571. The molecule has 1 saturated heterocycles. The van der Waals surface area contributed by atoms with Crippen molar-refractivity contribution in [2.45, 2.75) is 38.7 Å². The van der Waals surface area contributed by atoms with Gasteiger partial charge in [-0.1, -0.05) is 0 Å². The maximum Gasteiger partial charge on any atom is 0.259 e. The molecule has 0 saturated carbocycles. The number of pyridine rings is 1. The van der Waals surface area contributed by atoms with Gasteiger partial charge in [0.1, 0.15) is 5.56 Å². The third-order valence-corrected chi connectivity index (χ3v) is 3.64. The number of aliphatic hydroxyl groups is 1. The summed E-state index contributed by atoms with van der Waals surface area (Å²) >= 11 is 0. The van der Waals surface area contributed by atoms with Crippen LogP contribution in [0.25, 0.3) is 0 Å². The Labute approximate surface area is 112 Å². The van der Waals surface area contributed by atoms with Crippen LogP contribution in [0, 0.1) is 6.92 Å². The molecule has 1 fully saturated rings. The van der Waals surface area contributed by atoms with Gasteiger partial charge in [-0.3, -0.25) is 9.59 Å². The highest BCUT2D eigenvalue weighted by atomic mass is 16.3. The Hall–Kier alpha value is -1.62. The molecule has 5 heteroatoms. The van der Waals surface area contributed by atoms with E-state index in [-0.39, 0.29) is 16.9 Å².